The lowest BCUT2D eigenvalue weighted by Gasteiger charge is -2.05. The maximum absolute atomic E-state index is 12.2. The maximum atomic E-state index is 12.2. The summed E-state index contributed by atoms with van der Waals surface area (Å²) in [6.07, 6.45) is 0. The number of hydrogen-bond acceptors (Lipinski definition) is 4. The molecular weight excluding hydrogens is 354 g/mol. The van der Waals surface area contributed by atoms with Crippen molar-refractivity contribution in [3.8, 4) is 0 Å². The van der Waals surface area contributed by atoms with Crippen LogP contribution in [-0.4, -0.2) is 16.5 Å². The Morgan fingerprint density at radius 3 is 2.46 bits per heavy atom. The quantitative estimate of drug-likeness (QED) is 0.417. The van der Waals surface area contributed by atoms with E-state index in [1.165, 1.54) is 12.1 Å². The molecule has 0 saturated carbocycles. The number of carbonyl (C=O) groups excluding carboxylic acids is 1. The van der Waals surface area contributed by atoms with Crippen molar-refractivity contribution in [1.82, 2.24) is 5.43 Å². The van der Waals surface area contributed by atoms with Gasteiger partial charge in [-0.2, -0.15) is 5.10 Å². The number of nitro groups is 1. The molecule has 1 N–H and O–H groups in total. The zero-order chi connectivity index (χ0) is 18.7. The van der Waals surface area contributed by atoms with Gasteiger partial charge in [-0.05, 0) is 41.5 Å². The first-order chi connectivity index (χ1) is 12.5. The third kappa shape index (κ3) is 3.70. The second-order valence-electron chi connectivity index (χ2n) is 5.62. The van der Waals surface area contributed by atoms with Gasteiger partial charge in [-0.1, -0.05) is 48.0 Å². The highest BCUT2D eigenvalue weighted by Crippen LogP contribution is 2.25. The summed E-state index contributed by atoms with van der Waals surface area (Å²) in [6, 6.07) is 17.7. The summed E-state index contributed by atoms with van der Waals surface area (Å²) in [5.74, 6) is -0.551. The Morgan fingerprint density at radius 2 is 1.73 bits per heavy atom. The van der Waals surface area contributed by atoms with E-state index in [4.69, 9.17) is 11.6 Å². The van der Waals surface area contributed by atoms with Gasteiger partial charge in [-0.3, -0.25) is 14.9 Å². The van der Waals surface area contributed by atoms with Gasteiger partial charge in [0.05, 0.1) is 10.6 Å². The summed E-state index contributed by atoms with van der Waals surface area (Å²) in [7, 11) is 0. The summed E-state index contributed by atoms with van der Waals surface area (Å²) in [6.45, 7) is 1.77. The third-order valence-electron chi connectivity index (χ3n) is 3.90. The number of benzene rings is 3. The van der Waals surface area contributed by atoms with Crippen molar-refractivity contribution in [3.05, 3.63) is 86.9 Å². The van der Waals surface area contributed by atoms with E-state index in [0.29, 0.717) is 5.71 Å². The number of nitrogens with one attached hydrogen (secondary N) is 1. The zero-order valence-electron chi connectivity index (χ0n) is 13.8. The van der Waals surface area contributed by atoms with Crippen LogP contribution in [0.4, 0.5) is 5.69 Å². The number of rotatable bonds is 4. The average molecular weight is 368 g/mol. The van der Waals surface area contributed by atoms with Gasteiger partial charge in [-0.15, -0.1) is 0 Å². The van der Waals surface area contributed by atoms with Gasteiger partial charge in [0, 0.05) is 11.6 Å². The van der Waals surface area contributed by atoms with E-state index in [9.17, 15) is 14.9 Å². The lowest BCUT2D eigenvalue weighted by Crippen LogP contribution is -2.19. The van der Waals surface area contributed by atoms with Gasteiger partial charge < -0.3 is 0 Å². The van der Waals surface area contributed by atoms with Crippen molar-refractivity contribution in [1.29, 1.82) is 0 Å². The van der Waals surface area contributed by atoms with E-state index in [1.54, 1.807) is 6.92 Å². The van der Waals surface area contributed by atoms with E-state index < -0.39 is 10.8 Å². The number of nitro benzene ring substituents is 1. The van der Waals surface area contributed by atoms with Crippen LogP contribution in [0.5, 0.6) is 0 Å². The number of hydrazone groups is 1. The molecule has 3 aromatic carbocycles. The number of carbonyl (C=O) groups is 1. The van der Waals surface area contributed by atoms with Crippen LogP contribution in [0.2, 0.25) is 5.02 Å². The first-order valence-corrected chi connectivity index (χ1v) is 8.11. The first kappa shape index (κ1) is 17.6. The molecule has 0 saturated heterocycles. The summed E-state index contributed by atoms with van der Waals surface area (Å²) < 4.78 is 0. The minimum atomic E-state index is -0.636. The van der Waals surface area contributed by atoms with Crippen LogP contribution in [-0.2, 0) is 0 Å². The lowest BCUT2D eigenvalue weighted by molar-refractivity contribution is -0.384. The maximum Gasteiger partial charge on any atom is 0.288 e. The van der Waals surface area contributed by atoms with E-state index >= 15 is 0 Å². The topological polar surface area (TPSA) is 84.6 Å². The van der Waals surface area contributed by atoms with Gasteiger partial charge in [0.2, 0.25) is 0 Å². The molecule has 0 aromatic heterocycles. The molecule has 26 heavy (non-hydrogen) atoms. The minimum absolute atomic E-state index is 0.0256. The average Bonchev–Trinajstić information content (AvgIpc) is 2.65. The molecule has 0 atom stereocenters. The van der Waals surface area contributed by atoms with Crippen LogP contribution in [0, 0.1) is 10.1 Å². The highest BCUT2D eigenvalue weighted by atomic mass is 35.5. The van der Waals surface area contributed by atoms with Gasteiger partial charge in [0.25, 0.3) is 11.6 Å². The molecule has 1 amide bonds. The van der Waals surface area contributed by atoms with Crippen LogP contribution in [0.15, 0.2) is 65.8 Å². The molecule has 0 fully saturated rings. The van der Waals surface area contributed by atoms with E-state index in [2.05, 4.69) is 10.5 Å². The van der Waals surface area contributed by atoms with E-state index in [-0.39, 0.29) is 16.3 Å². The molecule has 0 spiro atoms. The summed E-state index contributed by atoms with van der Waals surface area (Å²) >= 11 is 5.75. The molecule has 0 unspecified atom stereocenters. The minimum Gasteiger partial charge on any atom is -0.267 e. The summed E-state index contributed by atoms with van der Waals surface area (Å²) in [5.41, 5.74) is 3.68. The van der Waals surface area contributed by atoms with Gasteiger partial charge in [-0.25, -0.2) is 5.43 Å². The third-order valence-corrected chi connectivity index (χ3v) is 4.22. The van der Waals surface area contributed by atoms with Crippen molar-refractivity contribution in [2.45, 2.75) is 6.92 Å². The smallest absolute Gasteiger partial charge is 0.267 e. The molecule has 0 heterocycles. The van der Waals surface area contributed by atoms with Crippen molar-refractivity contribution < 1.29 is 9.72 Å². The predicted octanol–water partition coefficient (Wildman–Crippen LogP) is 4.56. The highest BCUT2D eigenvalue weighted by molar-refractivity contribution is 6.32. The van der Waals surface area contributed by atoms with Gasteiger partial charge in [0.1, 0.15) is 5.02 Å². The second kappa shape index (κ2) is 7.33. The number of halogens is 1. The van der Waals surface area contributed by atoms with Gasteiger partial charge >= 0.3 is 0 Å². The fourth-order valence-electron chi connectivity index (χ4n) is 2.47. The lowest BCUT2D eigenvalue weighted by atomic mass is 10.0. The number of fused-ring (bicyclic) bond motifs is 1. The Labute approximate surface area is 154 Å². The van der Waals surface area contributed by atoms with Crippen LogP contribution in [0.25, 0.3) is 10.8 Å². The monoisotopic (exact) mass is 367 g/mol. The Bertz CT molecular complexity index is 1050. The Morgan fingerprint density at radius 1 is 1.04 bits per heavy atom. The fourth-order valence-corrected chi connectivity index (χ4v) is 2.66. The highest BCUT2D eigenvalue weighted by Gasteiger charge is 2.16. The largest absolute Gasteiger partial charge is 0.288 e. The molecule has 3 aromatic rings. The molecule has 6 nitrogen and oxygen atoms in total. The molecular formula is C19H14ClN3O3. The van der Waals surface area contributed by atoms with Crippen molar-refractivity contribution in [2.24, 2.45) is 5.10 Å². The first-order valence-electron chi connectivity index (χ1n) is 7.73. The number of nitrogens with zero attached hydrogens (tertiary/aromatic N) is 2. The summed E-state index contributed by atoms with van der Waals surface area (Å²) in [5, 5.41) is 17.2. The molecule has 0 aliphatic rings. The predicted molar refractivity (Wildman–Crippen MR) is 102 cm³/mol. The molecule has 7 heteroatoms. The second-order valence-corrected chi connectivity index (χ2v) is 6.03. The fraction of sp³-hybridized carbons (Fsp3) is 0.0526. The molecule has 0 radical (unpaired) electrons. The molecule has 0 aliphatic carbocycles. The Kier molecular flexibility index (Phi) is 4.95. The normalized spacial score (nSPS) is 11.4. The van der Waals surface area contributed by atoms with Crippen molar-refractivity contribution >= 4 is 39.7 Å². The Hall–Kier alpha value is -3.25. The van der Waals surface area contributed by atoms with Crippen LogP contribution >= 0.6 is 11.6 Å². The van der Waals surface area contributed by atoms with Crippen LogP contribution in [0.1, 0.15) is 22.8 Å². The van der Waals surface area contributed by atoms with Gasteiger partial charge in [0.15, 0.2) is 0 Å². The van der Waals surface area contributed by atoms with E-state index in [1.807, 2.05) is 42.5 Å². The molecule has 0 aliphatic heterocycles. The standard InChI is InChI=1S/C19H14ClN3O3/c1-12(14-7-6-13-4-2-3-5-15(13)10-14)21-22-19(24)16-8-9-17(20)18(11-16)23(25)26/h2-11H,1H3,(H,22,24). The molecule has 3 rings (SSSR count). The van der Waals surface area contributed by atoms with Crippen LogP contribution < -0.4 is 5.43 Å². The molecule has 130 valence electrons. The molecule has 0 bridgehead atoms. The zero-order valence-corrected chi connectivity index (χ0v) is 14.5. The van der Waals surface area contributed by atoms with E-state index in [0.717, 1.165) is 22.4 Å². The number of amides is 1. The van der Waals surface area contributed by atoms with Crippen LogP contribution in [0.3, 0.4) is 0 Å². The SMILES string of the molecule is CC(=NNC(=O)c1ccc(Cl)c([N+](=O)[O-])c1)c1ccc2ccccc2c1. The van der Waals surface area contributed by atoms with Crippen molar-refractivity contribution in [2.75, 3.05) is 0 Å². The summed E-state index contributed by atoms with van der Waals surface area (Å²) in [4.78, 5) is 22.5. The van der Waals surface area contributed by atoms with Crippen molar-refractivity contribution in [3.63, 3.8) is 0 Å². The Balaban J connectivity index is 1.80. The number of hydrogen-bond donors (Lipinski definition) is 1.